The molecule has 3 aromatic rings. The number of methoxy groups -OCH3 is 1. The van der Waals surface area contributed by atoms with Gasteiger partial charge in [-0.15, -0.1) is 10.2 Å². The lowest BCUT2D eigenvalue weighted by atomic mass is 10.00. The summed E-state index contributed by atoms with van der Waals surface area (Å²) in [5, 5.41) is 23.3. The molecule has 1 saturated heterocycles. The number of nitrogens with zero attached hydrogens (tertiary/aromatic N) is 4. The van der Waals surface area contributed by atoms with Gasteiger partial charge >= 0.3 is 0 Å². The first-order valence-electron chi connectivity index (χ1n) is 10.8. The van der Waals surface area contributed by atoms with Gasteiger partial charge in [-0.1, -0.05) is 30.3 Å². The van der Waals surface area contributed by atoms with Crippen LogP contribution in [-0.2, 0) is 16.0 Å². The number of aromatic nitrogens is 3. The van der Waals surface area contributed by atoms with Crippen LogP contribution in [0.5, 0.6) is 5.75 Å². The molecule has 1 aliphatic heterocycles. The highest BCUT2D eigenvalue weighted by molar-refractivity contribution is 5.81. The van der Waals surface area contributed by atoms with Crippen LogP contribution < -0.4 is 15.4 Å². The topological polar surface area (TPSA) is 114 Å². The quantitative estimate of drug-likeness (QED) is 0.569. The maximum atomic E-state index is 12.5. The van der Waals surface area contributed by atoms with Crippen molar-refractivity contribution in [3.63, 3.8) is 0 Å². The van der Waals surface area contributed by atoms with Gasteiger partial charge in [0.1, 0.15) is 30.5 Å². The van der Waals surface area contributed by atoms with Gasteiger partial charge in [0.15, 0.2) is 0 Å². The van der Waals surface area contributed by atoms with E-state index in [0.717, 1.165) is 41.1 Å². The van der Waals surface area contributed by atoms with Crippen molar-refractivity contribution in [3.05, 3.63) is 60.7 Å². The van der Waals surface area contributed by atoms with Gasteiger partial charge in [0.2, 0.25) is 0 Å². The van der Waals surface area contributed by atoms with Gasteiger partial charge in [-0.25, -0.2) is 0 Å². The molecule has 170 valence electrons. The normalized spacial score (nSPS) is 16.9. The minimum Gasteiger partial charge on any atom is -0.495 e. The van der Waals surface area contributed by atoms with E-state index >= 15 is 0 Å². The van der Waals surface area contributed by atoms with Crippen molar-refractivity contribution in [2.45, 2.75) is 25.0 Å². The Labute approximate surface area is 192 Å². The van der Waals surface area contributed by atoms with Crippen molar-refractivity contribution in [3.8, 4) is 28.6 Å². The van der Waals surface area contributed by atoms with E-state index in [1.54, 1.807) is 24.3 Å². The zero-order valence-electron chi connectivity index (χ0n) is 18.4. The van der Waals surface area contributed by atoms with E-state index in [1.165, 1.54) is 0 Å². The third kappa shape index (κ3) is 5.55. The van der Waals surface area contributed by atoms with Gasteiger partial charge in [-0.3, -0.25) is 9.36 Å². The van der Waals surface area contributed by atoms with Crippen molar-refractivity contribution >= 4 is 5.91 Å². The molecule has 1 aromatic heterocycles. The summed E-state index contributed by atoms with van der Waals surface area (Å²) in [5.41, 5.74) is 3.82. The monoisotopic (exact) mass is 446 g/mol. The molecule has 9 nitrogen and oxygen atoms in total. The van der Waals surface area contributed by atoms with Crippen LogP contribution in [0.3, 0.4) is 0 Å². The van der Waals surface area contributed by atoms with Crippen LogP contribution in [0.15, 0.2) is 55.1 Å². The van der Waals surface area contributed by atoms with E-state index in [-0.39, 0.29) is 5.91 Å². The van der Waals surface area contributed by atoms with Crippen LogP contribution in [0.2, 0.25) is 0 Å². The number of nitriles is 1. The van der Waals surface area contributed by atoms with Gasteiger partial charge < -0.3 is 20.1 Å². The molecular formula is C24H26N6O3. The number of nitrogens with one attached hydrogen (secondary N) is 2. The summed E-state index contributed by atoms with van der Waals surface area (Å²) in [6.07, 6.45) is 3.96. The molecule has 0 spiro atoms. The number of carbonyl (C=O) groups excluding carboxylic acids is 1. The van der Waals surface area contributed by atoms with Crippen LogP contribution >= 0.6 is 0 Å². The van der Waals surface area contributed by atoms with E-state index in [9.17, 15) is 10.1 Å². The number of benzene rings is 2. The number of hydrogen-bond acceptors (Lipinski definition) is 7. The van der Waals surface area contributed by atoms with Gasteiger partial charge in [-0.2, -0.15) is 5.26 Å². The van der Waals surface area contributed by atoms with E-state index in [1.807, 2.05) is 42.5 Å². The van der Waals surface area contributed by atoms with Crippen molar-refractivity contribution in [1.82, 2.24) is 25.4 Å². The summed E-state index contributed by atoms with van der Waals surface area (Å²) in [4.78, 5) is 12.5. The lowest BCUT2D eigenvalue weighted by Crippen LogP contribution is -2.46. The maximum Gasteiger partial charge on any atom is 0.251 e. The highest BCUT2D eigenvalue weighted by Gasteiger charge is 2.23. The van der Waals surface area contributed by atoms with Crippen molar-refractivity contribution in [2.24, 2.45) is 0 Å². The largest absolute Gasteiger partial charge is 0.495 e. The maximum absolute atomic E-state index is 12.5. The molecule has 2 atom stereocenters. The van der Waals surface area contributed by atoms with E-state index in [4.69, 9.17) is 9.47 Å². The molecule has 0 radical (unpaired) electrons. The Morgan fingerprint density at radius 3 is 2.76 bits per heavy atom. The minimum atomic E-state index is -0.628. The minimum absolute atomic E-state index is 0.257. The predicted octanol–water partition coefficient (Wildman–Crippen LogP) is 1.87. The Morgan fingerprint density at radius 2 is 2.03 bits per heavy atom. The lowest BCUT2D eigenvalue weighted by molar-refractivity contribution is -0.132. The third-order valence-electron chi connectivity index (χ3n) is 5.51. The summed E-state index contributed by atoms with van der Waals surface area (Å²) in [7, 11) is 1.63. The summed E-state index contributed by atoms with van der Waals surface area (Å²) in [6.45, 7) is 1.82. The molecule has 2 heterocycles. The van der Waals surface area contributed by atoms with Gasteiger partial charge in [-0.05, 0) is 41.8 Å². The molecule has 2 aromatic carbocycles. The fraction of sp³-hybridized carbons (Fsp3) is 0.333. The highest BCUT2D eigenvalue weighted by atomic mass is 16.5. The molecule has 0 saturated carbocycles. The molecule has 9 heteroatoms. The van der Waals surface area contributed by atoms with Crippen molar-refractivity contribution in [2.75, 3.05) is 26.8 Å². The van der Waals surface area contributed by atoms with E-state index in [0.29, 0.717) is 19.6 Å². The molecule has 33 heavy (non-hydrogen) atoms. The van der Waals surface area contributed by atoms with Crippen LogP contribution in [0.1, 0.15) is 12.0 Å². The number of ether oxygens (including phenoxy) is 2. The van der Waals surface area contributed by atoms with Crippen LogP contribution in [0.4, 0.5) is 0 Å². The van der Waals surface area contributed by atoms with Gasteiger partial charge in [0.05, 0.1) is 18.9 Å². The molecule has 0 aliphatic carbocycles. The molecule has 0 bridgehead atoms. The predicted molar refractivity (Wildman–Crippen MR) is 122 cm³/mol. The summed E-state index contributed by atoms with van der Waals surface area (Å²) >= 11 is 0. The second-order valence-corrected chi connectivity index (χ2v) is 7.76. The molecule has 1 fully saturated rings. The number of amides is 1. The molecule has 2 N–H and O–H groups in total. The fourth-order valence-corrected chi connectivity index (χ4v) is 3.74. The molecule has 0 unspecified atom stereocenters. The standard InChI is InChI=1S/C24H26N6O3/c1-32-22-8-7-19(12-21(22)30-15-27-28-16-30)18-5-3-17(4-6-18)11-20(13-25)29-24(31)23-14-26-9-2-10-33-23/h3-8,12,15-16,20,23,26H,2,9-11,14H2,1H3,(H,29,31)/t20-,23-/m0/s1. The number of hydrogen-bond donors (Lipinski definition) is 2. The molecular weight excluding hydrogens is 420 g/mol. The average Bonchev–Trinajstić information content (AvgIpc) is 3.25. The van der Waals surface area contributed by atoms with E-state index < -0.39 is 12.1 Å². The average molecular weight is 447 g/mol. The number of carbonyl (C=O) groups is 1. The summed E-state index contributed by atoms with van der Waals surface area (Å²) in [6, 6.07) is 15.4. The SMILES string of the molecule is COc1ccc(-c2ccc(C[C@@H](C#N)NC(=O)[C@@H]3CNCCCO3)cc2)cc1-n1cnnc1. The third-order valence-corrected chi connectivity index (χ3v) is 5.51. The Hall–Kier alpha value is -3.74. The van der Waals surface area contributed by atoms with Gasteiger partial charge in [0, 0.05) is 19.6 Å². The highest BCUT2D eigenvalue weighted by Crippen LogP contribution is 2.29. The van der Waals surface area contributed by atoms with Crippen LogP contribution in [0.25, 0.3) is 16.8 Å². The first-order chi connectivity index (χ1) is 16.2. The van der Waals surface area contributed by atoms with E-state index in [2.05, 4.69) is 26.9 Å². The molecule has 1 amide bonds. The Kier molecular flexibility index (Phi) is 7.29. The first-order valence-corrected chi connectivity index (χ1v) is 10.8. The van der Waals surface area contributed by atoms with Crippen LogP contribution in [-0.4, -0.2) is 59.6 Å². The van der Waals surface area contributed by atoms with Gasteiger partial charge in [0.25, 0.3) is 5.91 Å². The second kappa shape index (κ2) is 10.7. The summed E-state index contributed by atoms with van der Waals surface area (Å²) < 4.78 is 12.8. The fourth-order valence-electron chi connectivity index (χ4n) is 3.74. The smallest absolute Gasteiger partial charge is 0.251 e. The Bertz CT molecular complexity index is 1100. The zero-order valence-corrected chi connectivity index (χ0v) is 18.4. The Morgan fingerprint density at radius 1 is 1.27 bits per heavy atom. The van der Waals surface area contributed by atoms with Crippen LogP contribution in [0, 0.1) is 11.3 Å². The first kappa shape index (κ1) is 22.5. The second-order valence-electron chi connectivity index (χ2n) is 7.76. The lowest BCUT2D eigenvalue weighted by Gasteiger charge is -2.18. The number of rotatable bonds is 7. The zero-order chi connectivity index (χ0) is 23.0. The summed E-state index contributed by atoms with van der Waals surface area (Å²) in [5.74, 6) is 0.461. The molecule has 1 aliphatic rings. The van der Waals surface area contributed by atoms with Crippen molar-refractivity contribution < 1.29 is 14.3 Å². The van der Waals surface area contributed by atoms with Crippen molar-refractivity contribution in [1.29, 1.82) is 5.26 Å². The Balaban J connectivity index is 1.44. The molecule has 4 rings (SSSR count).